The van der Waals surface area contributed by atoms with E-state index >= 15 is 0 Å². The fraction of sp³-hybridized carbons (Fsp3) is 0.538. The van der Waals surface area contributed by atoms with Crippen molar-refractivity contribution in [3.8, 4) is 5.75 Å². The van der Waals surface area contributed by atoms with Gasteiger partial charge in [0.1, 0.15) is 5.75 Å². The van der Waals surface area contributed by atoms with Gasteiger partial charge in [0.25, 0.3) is 0 Å². The summed E-state index contributed by atoms with van der Waals surface area (Å²) in [5, 5.41) is 19.8. The van der Waals surface area contributed by atoms with Gasteiger partial charge in [-0.1, -0.05) is 6.07 Å². The summed E-state index contributed by atoms with van der Waals surface area (Å²) in [6.45, 7) is 0.862. The van der Waals surface area contributed by atoms with Gasteiger partial charge in [-0.25, -0.2) is 8.42 Å². The Kier molecular flexibility index (Phi) is 4.33. The summed E-state index contributed by atoms with van der Waals surface area (Å²) in [4.78, 5) is 0.00987. The molecule has 1 aromatic rings. The molecule has 0 amide bonds. The van der Waals surface area contributed by atoms with E-state index in [1.54, 1.807) is 0 Å². The van der Waals surface area contributed by atoms with E-state index in [1.165, 1.54) is 31.3 Å². The predicted octanol–water partition coefficient (Wildman–Crippen LogP) is 0.554. The highest BCUT2D eigenvalue weighted by Gasteiger charge is 2.34. The zero-order valence-electron chi connectivity index (χ0n) is 11.3. The number of likely N-dealkylation sites (N-methyl/N-ethyl adjacent to an activating group) is 1. The van der Waals surface area contributed by atoms with Crippen molar-refractivity contribution in [2.75, 3.05) is 26.8 Å². The minimum absolute atomic E-state index is 0.00828. The molecule has 1 saturated heterocycles. The van der Waals surface area contributed by atoms with Gasteiger partial charge in [-0.3, -0.25) is 0 Å². The molecule has 1 aliphatic rings. The van der Waals surface area contributed by atoms with E-state index in [0.29, 0.717) is 26.1 Å². The molecule has 2 rings (SSSR count). The topological polar surface area (TPSA) is 87.1 Å². The van der Waals surface area contributed by atoms with Gasteiger partial charge in [0.05, 0.1) is 10.5 Å². The molecule has 0 spiro atoms. The average Bonchev–Trinajstić information content (AvgIpc) is 2.39. The van der Waals surface area contributed by atoms with Crippen LogP contribution in [0.3, 0.4) is 0 Å². The Balaban J connectivity index is 2.17. The van der Waals surface area contributed by atoms with Gasteiger partial charge in [0, 0.05) is 39.6 Å². The van der Waals surface area contributed by atoms with Crippen molar-refractivity contribution in [2.24, 2.45) is 0 Å². The van der Waals surface area contributed by atoms with Crippen molar-refractivity contribution in [2.45, 2.75) is 23.3 Å². The zero-order chi connectivity index (χ0) is 14.8. The first-order valence-corrected chi connectivity index (χ1v) is 7.83. The van der Waals surface area contributed by atoms with Crippen LogP contribution in [0.5, 0.6) is 5.75 Å². The highest BCUT2D eigenvalue weighted by molar-refractivity contribution is 7.89. The SMILES string of the molecule is CN(CC1(O)CCOCC1)S(=O)(=O)c1cccc(O)c1. The smallest absolute Gasteiger partial charge is 0.243 e. The van der Waals surface area contributed by atoms with Crippen LogP contribution in [0.2, 0.25) is 0 Å². The van der Waals surface area contributed by atoms with Crippen molar-refractivity contribution in [1.82, 2.24) is 4.31 Å². The molecular weight excluding hydrogens is 282 g/mol. The highest BCUT2D eigenvalue weighted by Crippen LogP contribution is 2.25. The summed E-state index contributed by atoms with van der Waals surface area (Å²) in [6.07, 6.45) is 0.819. The molecular formula is C13H19NO5S. The Hall–Kier alpha value is -1.15. The molecule has 1 fully saturated rings. The fourth-order valence-electron chi connectivity index (χ4n) is 2.23. The van der Waals surface area contributed by atoms with Gasteiger partial charge >= 0.3 is 0 Å². The Morgan fingerprint density at radius 3 is 2.60 bits per heavy atom. The molecule has 0 bridgehead atoms. The molecule has 0 aliphatic carbocycles. The first-order chi connectivity index (χ1) is 9.33. The second-order valence-electron chi connectivity index (χ2n) is 5.10. The van der Waals surface area contributed by atoms with Crippen LogP contribution in [0.25, 0.3) is 0 Å². The lowest BCUT2D eigenvalue weighted by Gasteiger charge is -2.35. The number of aliphatic hydroxyl groups is 1. The Bertz CT molecular complexity index is 566. The molecule has 112 valence electrons. The van der Waals surface area contributed by atoms with Crippen LogP contribution in [0.1, 0.15) is 12.8 Å². The summed E-state index contributed by atoms with van der Waals surface area (Å²) in [5.41, 5.74) is -1.06. The number of rotatable bonds is 4. The number of ether oxygens (including phenoxy) is 1. The number of sulfonamides is 1. The van der Waals surface area contributed by atoms with Gasteiger partial charge < -0.3 is 14.9 Å². The first-order valence-electron chi connectivity index (χ1n) is 6.39. The standard InChI is InChI=1S/C13H19NO5S/c1-14(10-13(16)5-7-19-8-6-13)20(17,18)12-4-2-3-11(15)9-12/h2-4,9,15-16H,5-8,10H2,1H3. The predicted molar refractivity (Wildman–Crippen MR) is 72.9 cm³/mol. The van der Waals surface area contributed by atoms with E-state index in [1.807, 2.05) is 0 Å². The molecule has 6 nitrogen and oxygen atoms in total. The lowest BCUT2D eigenvalue weighted by Crippen LogP contribution is -2.47. The van der Waals surface area contributed by atoms with Crippen LogP contribution in [0.15, 0.2) is 29.2 Å². The number of hydrogen-bond acceptors (Lipinski definition) is 5. The maximum absolute atomic E-state index is 12.4. The highest BCUT2D eigenvalue weighted by atomic mass is 32.2. The lowest BCUT2D eigenvalue weighted by molar-refractivity contribution is -0.0689. The molecule has 0 unspecified atom stereocenters. The van der Waals surface area contributed by atoms with E-state index in [-0.39, 0.29) is 17.2 Å². The molecule has 2 N–H and O–H groups in total. The Morgan fingerprint density at radius 2 is 2.00 bits per heavy atom. The van der Waals surface area contributed by atoms with Crippen LogP contribution in [0.4, 0.5) is 0 Å². The summed E-state index contributed by atoms with van der Waals surface area (Å²) < 4.78 is 31.0. The van der Waals surface area contributed by atoms with Crippen LogP contribution >= 0.6 is 0 Å². The van der Waals surface area contributed by atoms with E-state index in [9.17, 15) is 18.6 Å². The van der Waals surface area contributed by atoms with Crippen molar-refractivity contribution in [3.63, 3.8) is 0 Å². The molecule has 1 aliphatic heterocycles. The normalized spacial score (nSPS) is 19.1. The van der Waals surface area contributed by atoms with Crippen LogP contribution < -0.4 is 0 Å². The second-order valence-corrected chi connectivity index (χ2v) is 7.14. The van der Waals surface area contributed by atoms with Crippen molar-refractivity contribution < 1.29 is 23.4 Å². The van der Waals surface area contributed by atoms with E-state index in [4.69, 9.17) is 4.74 Å². The van der Waals surface area contributed by atoms with Crippen LogP contribution in [0, 0.1) is 0 Å². The maximum Gasteiger partial charge on any atom is 0.243 e. The summed E-state index contributed by atoms with van der Waals surface area (Å²) in [6, 6.07) is 5.49. The molecule has 1 heterocycles. The van der Waals surface area contributed by atoms with Crippen molar-refractivity contribution in [1.29, 1.82) is 0 Å². The molecule has 7 heteroatoms. The quantitative estimate of drug-likeness (QED) is 0.848. The molecule has 0 atom stereocenters. The molecule has 0 aromatic heterocycles. The van der Waals surface area contributed by atoms with Crippen LogP contribution in [-0.4, -0.2) is 55.3 Å². The van der Waals surface area contributed by atoms with E-state index in [0.717, 1.165) is 4.31 Å². The number of phenolic OH excluding ortho intramolecular Hbond substituents is 1. The molecule has 20 heavy (non-hydrogen) atoms. The third-order valence-electron chi connectivity index (χ3n) is 3.47. The number of aromatic hydroxyl groups is 1. The molecule has 0 radical (unpaired) electrons. The Labute approximate surface area is 118 Å². The largest absolute Gasteiger partial charge is 0.508 e. The third-order valence-corrected chi connectivity index (χ3v) is 5.27. The second kappa shape index (κ2) is 5.69. The molecule has 0 saturated carbocycles. The van der Waals surface area contributed by atoms with E-state index in [2.05, 4.69) is 0 Å². The van der Waals surface area contributed by atoms with Gasteiger partial charge in [-0.15, -0.1) is 0 Å². The van der Waals surface area contributed by atoms with Gasteiger partial charge in [-0.2, -0.15) is 4.31 Å². The van der Waals surface area contributed by atoms with Crippen LogP contribution in [-0.2, 0) is 14.8 Å². The minimum atomic E-state index is -3.73. The number of benzene rings is 1. The maximum atomic E-state index is 12.4. The Morgan fingerprint density at radius 1 is 1.35 bits per heavy atom. The third kappa shape index (κ3) is 3.29. The molecule has 1 aromatic carbocycles. The number of hydrogen-bond donors (Lipinski definition) is 2. The number of phenols is 1. The zero-order valence-corrected chi connectivity index (χ0v) is 12.1. The fourth-order valence-corrected chi connectivity index (χ4v) is 3.52. The van der Waals surface area contributed by atoms with Crippen molar-refractivity contribution in [3.05, 3.63) is 24.3 Å². The van der Waals surface area contributed by atoms with Gasteiger partial charge in [0.2, 0.25) is 10.0 Å². The lowest BCUT2D eigenvalue weighted by atomic mass is 9.95. The summed E-state index contributed by atoms with van der Waals surface area (Å²) in [5.74, 6) is -0.107. The average molecular weight is 301 g/mol. The number of nitrogens with zero attached hydrogens (tertiary/aromatic N) is 1. The summed E-state index contributed by atoms with van der Waals surface area (Å²) in [7, 11) is -2.30. The van der Waals surface area contributed by atoms with Gasteiger partial charge in [0.15, 0.2) is 0 Å². The minimum Gasteiger partial charge on any atom is -0.508 e. The monoisotopic (exact) mass is 301 g/mol. The van der Waals surface area contributed by atoms with Gasteiger partial charge in [-0.05, 0) is 18.2 Å². The van der Waals surface area contributed by atoms with Crippen molar-refractivity contribution >= 4 is 10.0 Å². The summed E-state index contributed by atoms with van der Waals surface area (Å²) >= 11 is 0. The van der Waals surface area contributed by atoms with E-state index < -0.39 is 15.6 Å². The first kappa shape index (κ1) is 15.2.